The van der Waals surface area contributed by atoms with E-state index in [1.807, 2.05) is 30.3 Å². The lowest BCUT2D eigenvalue weighted by molar-refractivity contribution is -0.384. The van der Waals surface area contributed by atoms with Crippen LogP contribution in [0.1, 0.15) is 27.0 Å². The Morgan fingerprint density at radius 2 is 1.73 bits per heavy atom. The van der Waals surface area contributed by atoms with Crippen LogP contribution < -0.4 is 5.32 Å². The van der Waals surface area contributed by atoms with Gasteiger partial charge in [0.2, 0.25) is 0 Å². The predicted octanol–water partition coefficient (Wildman–Crippen LogP) is 4.17. The van der Waals surface area contributed by atoms with Gasteiger partial charge in [0.1, 0.15) is 0 Å². The van der Waals surface area contributed by atoms with E-state index < -0.39 is 10.8 Å². The zero-order chi connectivity index (χ0) is 18.7. The minimum absolute atomic E-state index is 0.0963. The molecule has 0 unspecified atom stereocenters. The van der Waals surface area contributed by atoms with E-state index in [0.717, 1.165) is 16.9 Å². The Balaban J connectivity index is 1.87. The molecule has 1 N–H and O–H groups in total. The molecule has 7 nitrogen and oxygen atoms in total. The number of Topliss-reactive ketones (excluding diaryl/α,β-unsaturated/α-hetero) is 1. The van der Waals surface area contributed by atoms with Gasteiger partial charge in [-0.3, -0.25) is 25.0 Å². The van der Waals surface area contributed by atoms with E-state index in [0.29, 0.717) is 10.6 Å². The van der Waals surface area contributed by atoms with Crippen molar-refractivity contribution in [1.29, 1.82) is 0 Å². The second kappa shape index (κ2) is 7.24. The Labute approximate surface area is 152 Å². The molecule has 0 radical (unpaired) electrons. The van der Waals surface area contributed by atoms with E-state index in [1.165, 1.54) is 31.2 Å². The van der Waals surface area contributed by atoms with Crippen LogP contribution in [0.4, 0.5) is 10.8 Å². The SMILES string of the molecule is CC(=O)c1sc(NC(=O)c2ccc([N+](=O)[O-])cc2)nc1-c1ccccc1. The van der Waals surface area contributed by atoms with Crippen molar-refractivity contribution in [1.82, 2.24) is 4.98 Å². The number of thiazole rings is 1. The monoisotopic (exact) mass is 367 g/mol. The van der Waals surface area contributed by atoms with Gasteiger partial charge in [-0.1, -0.05) is 41.7 Å². The van der Waals surface area contributed by atoms with Gasteiger partial charge in [0.15, 0.2) is 10.9 Å². The third kappa shape index (κ3) is 3.65. The fraction of sp³-hybridized carbons (Fsp3) is 0.0556. The second-order valence-corrected chi connectivity index (χ2v) is 6.38. The topological polar surface area (TPSA) is 102 Å². The molecule has 0 bridgehead atoms. The molecule has 1 aromatic heterocycles. The molecular weight excluding hydrogens is 354 g/mol. The number of rotatable bonds is 5. The standard InChI is InChI=1S/C18H13N3O4S/c1-11(22)16-15(12-5-3-2-4-6-12)19-18(26-16)20-17(23)13-7-9-14(10-8-13)21(24)25/h2-10H,1H3,(H,19,20,23). The number of hydrogen-bond acceptors (Lipinski definition) is 6. The van der Waals surface area contributed by atoms with Gasteiger partial charge in [-0.15, -0.1) is 0 Å². The fourth-order valence-corrected chi connectivity index (χ4v) is 3.19. The molecule has 1 heterocycles. The van der Waals surface area contributed by atoms with Gasteiger partial charge >= 0.3 is 0 Å². The van der Waals surface area contributed by atoms with Gasteiger partial charge in [0.05, 0.1) is 15.5 Å². The number of nitrogens with zero attached hydrogens (tertiary/aromatic N) is 2. The van der Waals surface area contributed by atoms with Crippen molar-refractivity contribution in [3.8, 4) is 11.3 Å². The largest absolute Gasteiger partial charge is 0.298 e. The summed E-state index contributed by atoms with van der Waals surface area (Å²) in [4.78, 5) is 39.2. The van der Waals surface area contributed by atoms with Crippen LogP contribution in [-0.2, 0) is 0 Å². The first kappa shape index (κ1) is 17.4. The lowest BCUT2D eigenvalue weighted by Crippen LogP contribution is -2.11. The van der Waals surface area contributed by atoms with Crippen LogP contribution in [0.3, 0.4) is 0 Å². The zero-order valence-electron chi connectivity index (χ0n) is 13.6. The average Bonchev–Trinajstić information content (AvgIpc) is 3.06. The minimum atomic E-state index is -0.534. The molecule has 130 valence electrons. The molecule has 0 aliphatic rings. The summed E-state index contributed by atoms with van der Waals surface area (Å²) in [6.45, 7) is 1.45. The molecule has 1 amide bonds. The number of benzene rings is 2. The molecule has 0 atom stereocenters. The highest BCUT2D eigenvalue weighted by Crippen LogP contribution is 2.31. The number of nitrogens with one attached hydrogen (secondary N) is 1. The Kier molecular flexibility index (Phi) is 4.85. The highest BCUT2D eigenvalue weighted by atomic mass is 32.1. The molecule has 3 aromatic rings. The molecule has 26 heavy (non-hydrogen) atoms. The quantitative estimate of drug-likeness (QED) is 0.414. The van der Waals surface area contributed by atoms with Crippen molar-refractivity contribution in [2.24, 2.45) is 0 Å². The summed E-state index contributed by atoms with van der Waals surface area (Å²) in [5.74, 6) is -0.597. The Hall–Kier alpha value is -3.39. The summed E-state index contributed by atoms with van der Waals surface area (Å²) in [5.41, 5.74) is 1.46. The summed E-state index contributed by atoms with van der Waals surface area (Å²) >= 11 is 1.09. The Bertz CT molecular complexity index is 981. The van der Waals surface area contributed by atoms with Crippen LogP contribution in [0.2, 0.25) is 0 Å². The molecule has 0 aliphatic carbocycles. The number of nitro benzene ring substituents is 1. The van der Waals surface area contributed by atoms with Crippen LogP contribution in [0.5, 0.6) is 0 Å². The minimum Gasteiger partial charge on any atom is -0.298 e. The van der Waals surface area contributed by atoms with Crippen LogP contribution in [0.15, 0.2) is 54.6 Å². The average molecular weight is 367 g/mol. The van der Waals surface area contributed by atoms with Crippen molar-refractivity contribution in [3.05, 3.63) is 75.2 Å². The lowest BCUT2D eigenvalue weighted by Gasteiger charge is -2.01. The number of anilines is 1. The number of non-ortho nitro benzene ring substituents is 1. The molecule has 0 fully saturated rings. The highest BCUT2D eigenvalue weighted by molar-refractivity contribution is 7.18. The predicted molar refractivity (Wildman–Crippen MR) is 98.6 cm³/mol. The smallest absolute Gasteiger partial charge is 0.269 e. The van der Waals surface area contributed by atoms with Crippen molar-refractivity contribution in [2.75, 3.05) is 5.32 Å². The molecule has 2 aromatic carbocycles. The second-order valence-electron chi connectivity index (χ2n) is 5.38. The van der Waals surface area contributed by atoms with Gasteiger partial charge < -0.3 is 0 Å². The molecule has 0 saturated carbocycles. The van der Waals surface area contributed by atoms with Gasteiger partial charge in [-0.2, -0.15) is 0 Å². The number of ketones is 1. The van der Waals surface area contributed by atoms with Gasteiger partial charge in [0, 0.05) is 30.2 Å². The number of carbonyl (C=O) groups is 2. The van der Waals surface area contributed by atoms with Crippen LogP contribution in [0.25, 0.3) is 11.3 Å². The third-order valence-electron chi connectivity index (χ3n) is 3.55. The normalized spacial score (nSPS) is 10.3. The van der Waals surface area contributed by atoms with Crippen molar-refractivity contribution in [2.45, 2.75) is 6.92 Å². The number of nitro groups is 1. The third-order valence-corrected chi connectivity index (χ3v) is 4.63. The maximum absolute atomic E-state index is 12.3. The molecule has 3 rings (SSSR count). The van der Waals surface area contributed by atoms with E-state index >= 15 is 0 Å². The van der Waals surface area contributed by atoms with E-state index in [2.05, 4.69) is 10.3 Å². The van der Waals surface area contributed by atoms with Gasteiger partial charge in [-0.05, 0) is 12.1 Å². The maximum Gasteiger partial charge on any atom is 0.269 e. The number of aromatic nitrogens is 1. The van der Waals surface area contributed by atoms with E-state index in [1.54, 1.807) is 0 Å². The first-order valence-electron chi connectivity index (χ1n) is 7.58. The summed E-state index contributed by atoms with van der Waals surface area (Å²) < 4.78 is 0. The molecule has 0 spiro atoms. The summed E-state index contributed by atoms with van der Waals surface area (Å²) in [7, 11) is 0. The number of carbonyl (C=O) groups excluding carboxylic acids is 2. The van der Waals surface area contributed by atoms with Gasteiger partial charge in [0.25, 0.3) is 11.6 Å². The lowest BCUT2D eigenvalue weighted by atomic mass is 10.1. The van der Waals surface area contributed by atoms with E-state index in [-0.39, 0.29) is 22.2 Å². The summed E-state index contributed by atoms with van der Waals surface area (Å²) in [6, 6.07) is 14.5. The highest BCUT2D eigenvalue weighted by Gasteiger charge is 2.18. The Morgan fingerprint density at radius 3 is 2.31 bits per heavy atom. The fourth-order valence-electron chi connectivity index (χ4n) is 2.31. The van der Waals surface area contributed by atoms with Crippen molar-refractivity contribution >= 4 is 33.8 Å². The summed E-state index contributed by atoms with van der Waals surface area (Å²) in [6.07, 6.45) is 0. The first-order valence-corrected chi connectivity index (χ1v) is 8.40. The van der Waals surface area contributed by atoms with Crippen LogP contribution >= 0.6 is 11.3 Å². The van der Waals surface area contributed by atoms with E-state index in [4.69, 9.17) is 0 Å². The molecule has 0 aliphatic heterocycles. The number of amides is 1. The molecule has 8 heteroatoms. The molecule has 0 saturated heterocycles. The van der Waals surface area contributed by atoms with Crippen molar-refractivity contribution in [3.63, 3.8) is 0 Å². The van der Waals surface area contributed by atoms with Crippen LogP contribution in [0, 0.1) is 10.1 Å². The zero-order valence-corrected chi connectivity index (χ0v) is 14.4. The Morgan fingerprint density at radius 1 is 1.08 bits per heavy atom. The number of hydrogen-bond donors (Lipinski definition) is 1. The first-order chi connectivity index (χ1) is 12.5. The molecular formula is C18H13N3O4S. The maximum atomic E-state index is 12.3. The van der Waals surface area contributed by atoms with E-state index in [9.17, 15) is 19.7 Å². The summed E-state index contributed by atoms with van der Waals surface area (Å²) in [5, 5.41) is 13.6. The van der Waals surface area contributed by atoms with Crippen LogP contribution in [-0.4, -0.2) is 21.6 Å². The van der Waals surface area contributed by atoms with Gasteiger partial charge in [-0.25, -0.2) is 4.98 Å². The van der Waals surface area contributed by atoms with Crippen molar-refractivity contribution < 1.29 is 14.5 Å².